The summed E-state index contributed by atoms with van der Waals surface area (Å²) in [7, 11) is 1.74. The van der Waals surface area contributed by atoms with Crippen LogP contribution in [0.4, 0.5) is 0 Å². The van der Waals surface area contributed by atoms with E-state index in [1.807, 2.05) is 22.4 Å². The van der Waals surface area contributed by atoms with Crippen molar-refractivity contribution in [2.45, 2.75) is 38.8 Å². The van der Waals surface area contributed by atoms with Gasteiger partial charge in [-0.2, -0.15) is 0 Å². The lowest BCUT2D eigenvalue weighted by Gasteiger charge is -2.44. The van der Waals surface area contributed by atoms with Crippen LogP contribution in [0, 0.1) is 0 Å². The molecule has 1 aliphatic rings. The lowest BCUT2D eigenvalue weighted by molar-refractivity contribution is -0.134. The molecule has 0 saturated carbocycles. The van der Waals surface area contributed by atoms with E-state index in [-0.39, 0.29) is 5.91 Å². The summed E-state index contributed by atoms with van der Waals surface area (Å²) in [6.45, 7) is 7.95. The smallest absolute Gasteiger partial charge is 0.227 e. The van der Waals surface area contributed by atoms with Crippen molar-refractivity contribution in [1.29, 1.82) is 0 Å². The van der Waals surface area contributed by atoms with Crippen LogP contribution in [0.5, 0.6) is 0 Å². The van der Waals surface area contributed by atoms with Gasteiger partial charge in [0.1, 0.15) is 0 Å². The molecule has 0 bridgehead atoms. The van der Waals surface area contributed by atoms with Gasteiger partial charge in [-0.05, 0) is 31.7 Å². The fraction of sp³-hybridized carbons (Fsp3) is 0.688. The van der Waals surface area contributed by atoms with Gasteiger partial charge in [0.15, 0.2) is 0 Å². The molecule has 0 aliphatic carbocycles. The van der Waals surface area contributed by atoms with Crippen LogP contribution in [0.15, 0.2) is 17.5 Å². The van der Waals surface area contributed by atoms with Gasteiger partial charge >= 0.3 is 0 Å². The van der Waals surface area contributed by atoms with Crippen molar-refractivity contribution in [3.8, 4) is 0 Å². The highest BCUT2D eigenvalue weighted by Gasteiger charge is 2.31. The third-order valence-electron chi connectivity index (χ3n) is 4.12. The standard InChI is InChI=1S/C16H26N2O2S/c1-13-11-17(16(19)10-15-6-4-9-21-15)12-14(2)18(13)7-5-8-20-3/h4,6,9,13-14H,5,7-8,10-12H2,1-3H3. The maximum atomic E-state index is 12.4. The minimum Gasteiger partial charge on any atom is -0.385 e. The van der Waals surface area contributed by atoms with Crippen LogP contribution in [-0.4, -0.2) is 61.1 Å². The molecular formula is C16H26N2O2S. The maximum Gasteiger partial charge on any atom is 0.227 e. The van der Waals surface area contributed by atoms with Gasteiger partial charge in [0.25, 0.3) is 0 Å². The molecule has 0 aromatic carbocycles. The molecular weight excluding hydrogens is 284 g/mol. The van der Waals surface area contributed by atoms with Crippen LogP contribution < -0.4 is 0 Å². The summed E-state index contributed by atoms with van der Waals surface area (Å²) >= 11 is 1.66. The maximum absolute atomic E-state index is 12.4. The van der Waals surface area contributed by atoms with Gasteiger partial charge in [0.05, 0.1) is 6.42 Å². The molecule has 21 heavy (non-hydrogen) atoms. The first-order valence-electron chi connectivity index (χ1n) is 7.66. The van der Waals surface area contributed by atoms with Crippen LogP contribution >= 0.6 is 11.3 Å². The highest BCUT2D eigenvalue weighted by molar-refractivity contribution is 7.10. The Bertz CT molecular complexity index is 423. The zero-order valence-electron chi connectivity index (χ0n) is 13.2. The number of piperazine rings is 1. The van der Waals surface area contributed by atoms with Crippen molar-refractivity contribution in [3.63, 3.8) is 0 Å². The van der Waals surface area contributed by atoms with E-state index in [4.69, 9.17) is 4.74 Å². The van der Waals surface area contributed by atoms with E-state index >= 15 is 0 Å². The summed E-state index contributed by atoms with van der Waals surface area (Å²) < 4.78 is 5.13. The van der Waals surface area contributed by atoms with E-state index in [1.54, 1.807) is 18.4 Å². The Balaban J connectivity index is 1.86. The molecule has 2 unspecified atom stereocenters. The number of thiophene rings is 1. The van der Waals surface area contributed by atoms with E-state index in [0.29, 0.717) is 18.5 Å². The van der Waals surface area contributed by atoms with Gasteiger partial charge in [0, 0.05) is 50.3 Å². The molecule has 1 saturated heterocycles. The van der Waals surface area contributed by atoms with Gasteiger partial charge in [-0.15, -0.1) is 11.3 Å². The van der Waals surface area contributed by atoms with Gasteiger partial charge in [-0.25, -0.2) is 0 Å². The number of carbonyl (C=O) groups excluding carboxylic acids is 1. The third kappa shape index (κ3) is 4.53. The molecule has 0 radical (unpaired) electrons. The van der Waals surface area contributed by atoms with E-state index in [0.717, 1.165) is 37.5 Å². The van der Waals surface area contributed by atoms with Crippen LogP contribution in [-0.2, 0) is 16.0 Å². The molecule has 0 spiro atoms. The minimum atomic E-state index is 0.257. The van der Waals surface area contributed by atoms with Crippen molar-refractivity contribution in [3.05, 3.63) is 22.4 Å². The second-order valence-corrected chi connectivity index (χ2v) is 6.87. The van der Waals surface area contributed by atoms with Crippen molar-refractivity contribution in [2.75, 3.05) is 33.4 Å². The molecule has 2 rings (SSSR count). The molecule has 1 amide bonds. The molecule has 4 nitrogen and oxygen atoms in total. The quantitative estimate of drug-likeness (QED) is 0.756. The molecule has 1 aromatic rings. The second-order valence-electron chi connectivity index (χ2n) is 5.84. The zero-order valence-corrected chi connectivity index (χ0v) is 14.1. The predicted octanol–water partition coefficient (Wildman–Crippen LogP) is 2.25. The molecule has 1 fully saturated rings. The number of rotatable bonds is 6. The SMILES string of the molecule is COCCCN1C(C)CN(C(=O)Cc2cccs2)CC1C. The average molecular weight is 310 g/mol. The van der Waals surface area contributed by atoms with Crippen molar-refractivity contribution >= 4 is 17.2 Å². The fourth-order valence-electron chi connectivity index (χ4n) is 3.07. The Morgan fingerprint density at radius 3 is 2.67 bits per heavy atom. The van der Waals surface area contributed by atoms with Crippen LogP contribution in [0.2, 0.25) is 0 Å². The monoisotopic (exact) mass is 310 g/mol. The van der Waals surface area contributed by atoms with Gasteiger partial charge in [-0.3, -0.25) is 9.69 Å². The number of hydrogen-bond donors (Lipinski definition) is 0. The summed E-state index contributed by atoms with van der Waals surface area (Å²) in [5.74, 6) is 0.257. The predicted molar refractivity (Wildman–Crippen MR) is 86.7 cm³/mol. The molecule has 2 atom stereocenters. The summed E-state index contributed by atoms with van der Waals surface area (Å²) in [5.41, 5.74) is 0. The Morgan fingerprint density at radius 1 is 1.38 bits per heavy atom. The Kier molecular flexibility index (Phi) is 6.21. The Hall–Kier alpha value is -0.910. The topological polar surface area (TPSA) is 32.8 Å². The average Bonchev–Trinajstić information content (AvgIpc) is 2.94. The van der Waals surface area contributed by atoms with E-state index in [2.05, 4.69) is 18.7 Å². The first-order valence-corrected chi connectivity index (χ1v) is 8.54. The first-order chi connectivity index (χ1) is 10.1. The molecule has 1 aliphatic heterocycles. The second kappa shape index (κ2) is 7.92. The first kappa shape index (κ1) is 16.5. The number of methoxy groups -OCH3 is 1. The largest absolute Gasteiger partial charge is 0.385 e. The summed E-state index contributed by atoms with van der Waals surface area (Å²) in [6, 6.07) is 4.87. The Labute approximate surface area is 131 Å². The number of hydrogen-bond acceptors (Lipinski definition) is 4. The van der Waals surface area contributed by atoms with Crippen molar-refractivity contribution in [2.24, 2.45) is 0 Å². The Morgan fingerprint density at radius 2 is 2.10 bits per heavy atom. The summed E-state index contributed by atoms with van der Waals surface area (Å²) in [5, 5.41) is 2.03. The lowest BCUT2D eigenvalue weighted by atomic mass is 10.1. The summed E-state index contributed by atoms with van der Waals surface area (Å²) in [6.07, 6.45) is 1.59. The molecule has 118 valence electrons. The highest BCUT2D eigenvalue weighted by atomic mass is 32.1. The fourth-order valence-corrected chi connectivity index (χ4v) is 3.76. The van der Waals surface area contributed by atoms with Crippen LogP contribution in [0.3, 0.4) is 0 Å². The van der Waals surface area contributed by atoms with E-state index < -0.39 is 0 Å². The molecule has 0 N–H and O–H groups in total. The van der Waals surface area contributed by atoms with Crippen LogP contribution in [0.25, 0.3) is 0 Å². The van der Waals surface area contributed by atoms with Gasteiger partial charge < -0.3 is 9.64 Å². The minimum absolute atomic E-state index is 0.257. The molecule has 2 heterocycles. The van der Waals surface area contributed by atoms with Crippen molar-refractivity contribution in [1.82, 2.24) is 9.80 Å². The lowest BCUT2D eigenvalue weighted by Crippen LogP contribution is -2.58. The van der Waals surface area contributed by atoms with Crippen LogP contribution in [0.1, 0.15) is 25.1 Å². The highest BCUT2D eigenvalue weighted by Crippen LogP contribution is 2.18. The van der Waals surface area contributed by atoms with E-state index in [1.165, 1.54) is 0 Å². The molecule has 1 aromatic heterocycles. The normalized spacial score (nSPS) is 23.5. The summed E-state index contributed by atoms with van der Waals surface area (Å²) in [4.78, 5) is 18.1. The molecule has 5 heteroatoms. The number of ether oxygens (including phenoxy) is 1. The number of nitrogens with zero attached hydrogens (tertiary/aromatic N) is 2. The van der Waals surface area contributed by atoms with Crippen molar-refractivity contribution < 1.29 is 9.53 Å². The third-order valence-corrected chi connectivity index (χ3v) is 5.00. The number of carbonyl (C=O) groups is 1. The van der Waals surface area contributed by atoms with Gasteiger partial charge in [-0.1, -0.05) is 6.07 Å². The number of amides is 1. The van der Waals surface area contributed by atoms with Gasteiger partial charge in [0.2, 0.25) is 5.91 Å². The zero-order chi connectivity index (χ0) is 15.2. The van der Waals surface area contributed by atoms with E-state index in [9.17, 15) is 4.79 Å².